The number of benzene rings is 2. The molecular weight excluding hydrogens is 362 g/mol. The Labute approximate surface area is 162 Å². The predicted octanol–water partition coefficient (Wildman–Crippen LogP) is 3.26. The van der Waals surface area contributed by atoms with E-state index in [4.69, 9.17) is 18.9 Å². The zero-order valence-electron chi connectivity index (χ0n) is 15.4. The number of esters is 1. The summed E-state index contributed by atoms with van der Waals surface area (Å²) in [5.41, 5.74) is 1.64. The molecule has 0 aliphatic carbocycles. The highest BCUT2D eigenvalue weighted by Crippen LogP contribution is 2.25. The summed E-state index contributed by atoms with van der Waals surface area (Å²) in [7, 11) is 0. The van der Waals surface area contributed by atoms with Crippen LogP contribution in [-0.2, 0) is 37.0 Å². The van der Waals surface area contributed by atoms with Crippen LogP contribution in [0.4, 0.5) is 4.79 Å². The molecule has 28 heavy (non-hydrogen) atoms. The number of carbonyl (C=O) groups excluding carboxylic acids is 2. The van der Waals surface area contributed by atoms with E-state index in [2.05, 4.69) is 5.32 Å². The molecule has 2 aromatic rings. The Bertz CT molecular complexity index is 813. The van der Waals surface area contributed by atoms with Crippen molar-refractivity contribution in [1.29, 1.82) is 0 Å². The summed E-state index contributed by atoms with van der Waals surface area (Å²) in [4.78, 5) is 24.9. The van der Waals surface area contributed by atoms with Gasteiger partial charge in [0.25, 0.3) is 5.79 Å². The average molecular weight is 383 g/mol. The number of hydrogen-bond acceptors (Lipinski definition) is 6. The fraction of sp³-hybridized carbons (Fsp3) is 0.238. The molecule has 0 fully saturated rings. The maximum atomic E-state index is 12.6. The molecule has 0 aromatic heterocycles. The molecule has 0 unspecified atom stereocenters. The molecule has 1 heterocycles. The van der Waals surface area contributed by atoms with E-state index in [1.54, 1.807) is 0 Å². The highest BCUT2D eigenvalue weighted by Gasteiger charge is 2.47. The van der Waals surface area contributed by atoms with Crippen LogP contribution >= 0.6 is 0 Å². The maximum absolute atomic E-state index is 12.6. The first-order chi connectivity index (χ1) is 13.6. The molecule has 7 heteroatoms. The third-order valence-corrected chi connectivity index (χ3v) is 4.12. The van der Waals surface area contributed by atoms with Gasteiger partial charge in [0.05, 0.1) is 0 Å². The van der Waals surface area contributed by atoms with Gasteiger partial charge >= 0.3 is 12.1 Å². The van der Waals surface area contributed by atoms with Crippen LogP contribution in [0.25, 0.3) is 0 Å². The van der Waals surface area contributed by atoms with Crippen molar-refractivity contribution < 1.29 is 28.5 Å². The second-order valence-electron chi connectivity index (χ2n) is 6.26. The lowest BCUT2D eigenvalue weighted by molar-refractivity contribution is -0.180. The van der Waals surface area contributed by atoms with Crippen LogP contribution in [0.3, 0.4) is 0 Å². The van der Waals surface area contributed by atoms with E-state index in [1.165, 1.54) is 19.4 Å². The minimum absolute atomic E-state index is 0.0560. The zero-order chi connectivity index (χ0) is 19.8. The molecule has 7 nitrogen and oxygen atoms in total. The summed E-state index contributed by atoms with van der Waals surface area (Å²) in [5, 5.41) is 2.48. The van der Waals surface area contributed by atoms with Crippen LogP contribution in [0.5, 0.6) is 0 Å². The molecule has 0 saturated heterocycles. The molecule has 1 amide bonds. The summed E-state index contributed by atoms with van der Waals surface area (Å²) in [6.07, 6.45) is 1.81. The molecule has 1 aliphatic heterocycles. The maximum Gasteiger partial charge on any atom is 0.408 e. The molecule has 0 saturated carbocycles. The summed E-state index contributed by atoms with van der Waals surface area (Å²) in [6, 6.07) is 17.2. The average Bonchev–Trinajstić information content (AvgIpc) is 3.17. The molecule has 0 bridgehead atoms. The molecule has 3 rings (SSSR count). The smallest absolute Gasteiger partial charge is 0.408 e. The van der Waals surface area contributed by atoms with E-state index >= 15 is 0 Å². The van der Waals surface area contributed by atoms with Crippen molar-refractivity contribution in [3.05, 3.63) is 84.3 Å². The Kier molecular flexibility index (Phi) is 6.16. The van der Waals surface area contributed by atoms with Gasteiger partial charge in [-0.3, -0.25) is 0 Å². The van der Waals surface area contributed by atoms with Crippen molar-refractivity contribution in [2.75, 3.05) is 0 Å². The van der Waals surface area contributed by atoms with Gasteiger partial charge in [0.1, 0.15) is 25.7 Å². The van der Waals surface area contributed by atoms with E-state index in [1.807, 2.05) is 60.7 Å². The first kappa shape index (κ1) is 19.3. The standard InChI is InChI=1S/C21H21NO6/c1-21(27-12-13-28-21)18(19(23)25-14-16-8-4-2-5-9-16)22-20(24)26-15-17-10-6-3-7-11-17/h2-13,18H,14-15H2,1H3,(H,22,24)/t18-/m1/s1. The van der Waals surface area contributed by atoms with Gasteiger partial charge < -0.3 is 24.3 Å². The molecule has 2 aromatic carbocycles. The fourth-order valence-corrected chi connectivity index (χ4v) is 2.59. The number of hydrogen-bond donors (Lipinski definition) is 1. The van der Waals surface area contributed by atoms with Gasteiger partial charge in [0, 0.05) is 6.92 Å². The molecule has 146 valence electrons. The second-order valence-corrected chi connectivity index (χ2v) is 6.26. The van der Waals surface area contributed by atoms with Crippen molar-refractivity contribution >= 4 is 12.1 Å². The van der Waals surface area contributed by atoms with Crippen LogP contribution in [0.2, 0.25) is 0 Å². The summed E-state index contributed by atoms with van der Waals surface area (Å²) in [6.45, 7) is 1.65. The molecule has 1 N–H and O–H groups in total. The van der Waals surface area contributed by atoms with Crippen LogP contribution in [-0.4, -0.2) is 23.9 Å². The van der Waals surface area contributed by atoms with Gasteiger partial charge in [-0.25, -0.2) is 9.59 Å². The van der Waals surface area contributed by atoms with E-state index < -0.39 is 23.9 Å². The third kappa shape index (κ3) is 5.03. The minimum Gasteiger partial charge on any atom is -0.459 e. The highest BCUT2D eigenvalue weighted by atomic mass is 16.7. The number of amides is 1. The molecule has 1 aliphatic rings. The van der Waals surface area contributed by atoms with E-state index in [-0.39, 0.29) is 13.2 Å². The number of ether oxygens (including phenoxy) is 4. The fourth-order valence-electron chi connectivity index (χ4n) is 2.59. The minimum atomic E-state index is -1.43. The number of rotatable bonds is 7. The summed E-state index contributed by atoms with van der Waals surface area (Å²) in [5.74, 6) is -2.13. The summed E-state index contributed by atoms with van der Waals surface area (Å²) < 4.78 is 21.3. The Morgan fingerprint density at radius 3 is 1.93 bits per heavy atom. The van der Waals surface area contributed by atoms with Crippen molar-refractivity contribution in [2.24, 2.45) is 0 Å². The van der Waals surface area contributed by atoms with Gasteiger partial charge in [0.15, 0.2) is 0 Å². The summed E-state index contributed by atoms with van der Waals surface area (Å²) >= 11 is 0. The van der Waals surface area contributed by atoms with Crippen molar-refractivity contribution in [3.8, 4) is 0 Å². The van der Waals surface area contributed by atoms with Crippen LogP contribution in [0.1, 0.15) is 18.1 Å². The number of alkyl carbamates (subject to hydrolysis) is 1. The molecular formula is C21H21NO6. The monoisotopic (exact) mass is 383 g/mol. The lowest BCUT2D eigenvalue weighted by Gasteiger charge is -2.30. The molecule has 1 atom stereocenters. The Morgan fingerprint density at radius 1 is 0.893 bits per heavy atom. The Hall–Kier alpha value is -3.48. The number of nitrogens with one attached hydrogen (secondary N) is 1. The first-order valence-electron chi connectivity index (χ1n) is 8.75. The van der Waals surface area contributed by atoms with Gasteiger partial charge in [-0.1, -0.05) is 60.7 Å². The van der Waals surface area contributed by atoms with E-state index in [9.17, 15) is 9.59 Å². The van der Waals surface area contributed by atoms with E-state index in [0.717, 1.165) is 11.1 Å². The lowest BCUT2D eigenvalue weighted by atomic mass is 10.1. The Balaban J connectivity index is 1.61. The number of carbonyl (C=O) groups is 2. The predicted molar refractivity (Wildman–Crippen MR) is 99.5 cm³/mol. The van der Waals surface area contributed by atoms with Crippen LogP contribution in [0.15, 0.2) is 73.2 Å². The van der Waals surface area contributed by atoms with Crippen molar-refractivity contribution in [3.63, 3.8) is 0 Å². The van der Waals surface area contributed by atoms with Crippen molar-refractivity contribution in [2.45, 2.75) is 32.0 Å². The lowest BCUT2D eigenvalue weighted by Crippen LogP contribution is -2.56. The molecule has 0 radical (unpaired) electrons. The second kappa shape index (κ2) is 8.94. The third-order valence-electron chi connectivity index (χ3n) is 4.12. The topological polar surface area (TPSA) is 83.1 Å². The SMILES string of the molecule is CC1([C@H](NC(=O)OCc2ccccc2)C(=O)OCc2ccccc2)OC=CO1. The van der Waals surface area contributed by atoms with Gasteiger partial charge in [-0.2, -0.15) is 0 Å². The van der Waals surface area contributed by atoms with E-state index in [0.29, 0.717) is 0 Å². The first-order valence-corrected chi connectivity index (χ1v) is 8.75. The van der Waals surface area contributed by atoms with Crippen LogP contribution < -0.4 is 5.32 Å². The quantitative estimate of drug-likeness (QED) is 0.739. The largest absolute Gasteiger partial charge is 0.459 e. The highest BCUT2D eigenvalue weighted by molar-refractivity contribution is 5.82. The zero-order valence-corrected chi connectivity index (χ0v) is 15.4. The molecule has 0 spiro atoms. The Morgan fingerprint density at radius 2 is 1.39 bits per heavy atom. The normalized spacial score (nSPS) is 15.0. The van der Waals surface area contributed by atoms with Gasteiger partial charge in [-0.05, 0) is 11.1 Å². The van der Waals surface area contributed by atoms with Crippen LogP contribution in [0, 0.1) is 0 Å². The van der Waals surface area contributed by atoms with Gasteiger partial charge in [-0.15, -0.1) is 0 Å². The van der Waals surface area contributed by atoms with Crippen molar-refractivity contribution in [1.82, 2.24) is 5.32 Å². The van der Waals surface area contributed by atoms with Gasteiger partial charge in [0.2, 0.25) is 6.04 Å².